The molecule has 0 aromatic heterocycles. The van der Waals surface area contributed by atoms with Crippen LogP contribution in [0.5, 0.6) is 5.75 Å². The first-order chi connectivity index (χ1) is 8.22. The molecule has 0 aliphatic carbocycles. The van der Waals surface area contributed by atoms with Gasteiger partial charge in [-0.1, -0.05) is 12.1 Å². The van der Waals surface area contributed by atoms with Crippen LogP contribution in [-0.2, 0) is 11.2 Å². The predicted octanol–water partition coefficient (Wildman–Crippen LogP) is 2.14. The molecule has 0 bridgehead atoms. The van der Waals surface area contributed by atoms with Gasteiger partial charge in [-0.2, -0.15) is 0 Å². The molecule has 1 saturated heterocycles. The first-order valence-corrected chi connectivity index (χ1v) is 6.21. The van der Waals surface area contributed by atoms with E-state index in [1.807, 2.05) is 12.1 Å². The fourth-order valence-electron chi connectivity index (χ4n) is 2.26. The highest BCUT2D eigenvalue weighted by Crippen LogP contribution is 2.22. The standard InChI is InChI=1S/C14H21NO2/c1-16-13-5-3-12(4-6-13)7-9-14(15)8-2-10-17-11-14/h3-6H,2,7-11,15H2,1H3. The largest absolute Gasteiger partial charge is 0.497 e. The van der Waals surface area contributed by atoms with E-state index in [1.54, 1.807) is 7.11 Å². The molecule has 2 N–H and O–H groups in total. The van der Waals surface area contributed by atoms with Crippen LogP contribution < -0.4 is 10.5 Å². The SMILES string of the molecule is COc1ccc(CCC2(N)CCCOC2)cc1. The zero-order valence-electron chi connectivity index (χ0n) is 10.4. The number of rotatable bonds is 4. The molecule has 17 heavy (non-hydrogen) atoms. The molecule has 1 aliphatic heterocycles. The van der Waals surface area contributed by atoms with Gasteiger partial charge in [0.25, 0.3) is 0 Å². The van der Waals surface area contributed by atoms with Crippen LogP contribution in [0.3, 0.4) is 0 Å². The minimum absolute atomic E-state index is 0.127. The van der Waals surface area contributed by atoms with Crippen LogP contribution in [-0.4, -0.2) is 25.9 Å². The number of hydrogen-bond donors (Lipinski definition) is 1. The van der Waals surface area contributed by atoms with Crippen molar-refractivity contribution in [3.8, 4) is 5.75 Å². The van der Waals surface area contributed by atoms with E-state index in [1.165, 1.54) is 5.56 Å². The topological polar surface area (TPSA) is 44.5 Å². The Bertz CT molecular complexity index is 342. The summed E-state index contributed by atoms with van der Waals surface area (Å²) in [5.41, 5.74) is 7.49. The van der Waals surface area contributed by atoms with Crippen molar-refractivity contribution in [1.82, 2.24) is 0 Å². The molecule has 0 spiro atoms. The molecule has 94 valence electrons. The van der Waals surface area contributed by atoms with E-state index >= 15 is 0 Å². The Kier molecular flexibility index (Phi) is 4.02. The lowest BCUT2D eigenvalue weighted by molar-refractivity contribution is 0.0346. The summed E-state index contributed by atoms with van der Waals surface area (Å²) in [6.45, 7) is 1.56. The van der Waals surface area contributed by atoms with E-state index in [9.17, 15) is 0 Å². The fourth-order valence-corrected chi connectivity index (χ4v) is 2.26. The minimum Gasteiger partial charge on any atom is -0.497 e. The first kappa shape index (κ1) is 12.4. The molecule has 0 amide bonds. The third-order valence-corrected chi connectivity index (χ3v) is 3.42. The minimum atomic E-state index is -0.127. The lowest BCUT2D eigenvalue weighted by atomic mass is 9.87. The molecular weight excluding hydrogens is 214 g/mol. The number of nitrogens with two attached hydrogens (primary N) is 1. The van der Waals surface area contributed by atoms with Gasteiger partial charge in [0.15, 0.2) is 0 Å². The second-order valence-electron chi connectivity index (χ2n) is 4.87. The molecule has 1 unspecified atom stereocenters. The van der Waals surface area contributed by atoms with Gasteiger partial charge in [0.05, 0.1) is 13.7 Å². The van der Waals surface area contributed by atoms with E-state index in [4.69, 9.17) is 15.2 Å². The van der Waals surface area contributed by atoms with Gasteiger partial charge in [-0.25, -0.2) is 0 Å². The third-order valence-electron chi connectivity index (χ3n) is 3.42. The average Bonchev–Trinajstić information content (AvgIpc) is 2.38. The molecule has 0 saturated carbocycles. The van der Waals surface area contributed by atoms with Crippen molar-refractivity contribution in [3.63, 3.8) is 0 Å². The number of aryl methyl sites for hydroxylation is 1. The van der Waals surface area contributed by atoms with Crippen molar-refractivity contribution < 1.29 is 9.47 Å². The highest BCUT2D eigenvalue weighted by atomic mass is 16.5. The summed E-state index contributed by atoms with van der Waals surface area (Å²) in [6.07, 6.45) is 4.14. The molecule has 1 aromatic rings. The van der Waals surface area contributed by atoms with Crippen molar-refractivity contribution in [1.29, 1.82) is 0 Å². The Morgan fingerprint density at radius 3 is 2.71 bits per heavy atom. The van der Waals surface area contributed by atoms with Crippen LogP contribution in [0.25, 0.3) is 0 Å². The van der Waals surface area contributed by atoms with Crippen molar-refractivity contribution in [2.24, 2.45) is 5.73 Å². The second-order valence-corrected chi connectivity index (χ2v) is 4.87. The van der Waals surface area contributed by atoms with Gasteiger partial charge in [-0.15, -0.1) is 0 Å². The van der Waals surface area contributed by atoms with Gasteiger partial charge in [0.2, 0.25) is 0 Å². The quantitative estimate of drug-likeness (QED) is 0.869. The smallest absolute Gasteiger partial charge is 0.118 e. The Balaban J connectivity index is 1.87. The van der Waals surface area contributed by atoms with E-state index in [-0.39, 0.29) is 5.54 Å². The summed E-state index contributed by atoms with van der Waals surface area (Å²) in [5.74, 6) is 0.900. The molecule has 1 atom stereocenters. The van der Waals surface area contributed by atoms with E-state index < -0.39 is 0 Å². The highest BCUT2D eigenvalue weighted by Gasteiger charge is 2.27. The summed E-state index contributed by atoms with van der Waals surface area (Å²) < 4.78 is 10.6. The van der Waals surface area contributed by atoms with Crippen LogP contribution >= 0.6 is 0 Å². The molecule has 3 heteroatoms. The molecule has 1 aliphatic rings. The van der Waals surface area contributed by atoms with Crippen LogP contribution in [0.1, 0.15) is 24.8 Å². The van der Waals surface area contributed by atoms with Crippen molar-refractivity contribution in [3.05, 3.63) is 29.8 Å². The van der Waals surface area contributed by atoms with Gasteiger partial charge in [0, 0.05) is 12.1 Å². The lowest BCUT2D eigenvalue weighted by Gasteiger charge is -2.33. The van der Waals surface area contributed by atoms with E-state index in [0.29, 0.717) is 6.61 Å². The second kappa shape index (κ2) is 5.52. The van der Waals surface area contributed by atoms with Gasteiger partial charge in [-0.05, 0) is 43.4 Å². The molecule has 2 rings (SSSR count). The van der Waals surface area contributed by atoms with Crippen molar-refractivity contribution >= 4 is 0 Å². The number of methoxy groups -OCH3 is 1. The number of ether oxygens (including phenoxy) is 2. The van der Waals surface area contributed by atoms with Crippen LogP contribution in [0.15, 0.2) is 24.3 Å². The van der Waals surface area contributed by atoms with Gasteiger partial charge in [-0.3, -0.25) is 0 Å². The van der Waals surface area contributed by atoms with Crippen LogP contribution in [0.2, 0.25) is 0 Å². The third kappa shape index (κ3) is 3.45. The van der Waals surface area contributed by atoms with Crippen LogP contribution in [0, 0.1) is 0 Å². The Morgan fingerprint density at radius 2 is 2.12 bits per heavy atom. The molecule has 3 nitrogen and oxygen atoms in total. The van der Waals surface area contributed by atoms with Crippen molar-refractivity contribution in [2.75, 3.05) is 20.3 Å². The van der Waals surface area contributed by atoms with Gasteiger partial charge in [0.1, 0.15) is 5.75 Å². The maximum atomic E-state index is 6.31. The van der Waals surface area contributed by atoms with Gasteiger partial charge >= 0.3 is 0 Å². The number of benzene rings is 1. The lowest BCUT2D eigenvalue weighted by Crippen LogP contribution is -2.47. The summed E-state index contributed by atoms with van der Waals surface area (Å²) in [7, 11) is 1.68. The Hall–Kier alpha value is -1.06. The normalized spacial score (nSPS) is 24.6. The van der Waals surface area contributed by atoms with Crippen LogP contribution in [0.4, 0.5) is 0 Å². The molecule has 1 heterocycles. The maximum absolute atomic E-state index is 6.31. The maximum Gasteiger partial charge on any atom is 0.118 e. The average molecular weight is 235 g/mol. The zero-order valence-corrected chi connectivity index (χ0v) is 10.4. The highest BCUT2D eigenvalue weighted by molar-refractivity contribution is 5.27. The molecule has 0 radical (unpaired) electrons. The van der Waals surface area contributed by atoms with E-state index in [2.05, 4.69) is 12.1 Å². The van der Waals surface area contributed by atoms with E-state index in [0.717, 1.165) is 38.0 Å². The predicted molar refractivity (Wildman–Crippen MR) is 68.3 cm³/mol. The summed E-state index contributed by atoms with van der Waals surface area (Å²) >= 11 is 0. The summed E-state index contributed by atoms with van der Waals surface area (Å²) in [5, 5.41) is 0. The Morgan fingerprint density at radius 1 is 1.35 bits per heavy atom. The molecule has 1 aromatic carbocycles. The zero-order chi connectivity index (χ0) is 12.1. The monoisotopic (exact) mass is 235 g/mol. The fraction of sp³-hybridized carbons (Fsp3) is 0.571. The number of hydrogen-bond acceptors (Lipinski definition) is 3. The Labute approximate surface area is 103 Å². The summed E-state index contributed by atoms with van der Waals surface area (Å²) in [4.78, 5) is 0. The molecule has 1 fully saturated rings. The van der Waals surface area contributed by atoms with Gasteiger partial charge < -0.3 is 15.2 Å². The summed E-state index contributed by atoms with van der Waals surface area (Å²) in [6, 6.07) is 8.20. The molecular formula is C14H21NO2. The first-order valence-electron chi connectivity index (χ1n) is 6.21. The van der Waals surface area contributed by atoms with Crippen molar-refractivity contribution in [2.45, 2.75) is 31.2 Å².